The summed E-state index contributed by atoms with van der Waals surface area (Å²) in [6, 6.07) is 42.4. The Kier molecular flexibility index (Phi) is 18.0. The number of aliphatic carboxylic acids is 1. The number of hydrogen-bond acceptors (Lipinski definition) is 9. The molecule has 0 unspecified atom stereocenters. The molecular weight excluding hydrogens is 945 g/mol. The Morgan fingerprint density at radius 1 is 0.547 bits per heavy atom. The number of methoxy groups -OCH3 is 1. The zero-order valence-corrected chi connectivity index (χ0v) is 43.4. The molecule has 0 aliphatic heterocycles. The van der Waals surface area contributed by atoms with Crippen LogP contribution in [0, 0.1) is 25.7 Å². The van der Waals surface area contributed by atoms with Crippen LogP contribution in [0.1, 0.15) is 99.8 Å². The molecule has 0 aliphatic carbocycles. The second kappa shape index (κ2) is 24.9. The molecule has 2 amide bonds. The highest BCUT2D eigenvalue weighted by atomic mass is 16.5. The van der Waals surface area contributed by atoms with Crippen LogP contribution in [0.4, 0.5) is 0 Å². The van der Waals surface area contributed by atoms with Crippen LogP contribution in [0.15, 0.2) is 168 Å². The monoisotopic (exact) mass is 1010 g/mol. The maximum Gasteiger partial charge on any atom is 0.307 e. The summed E-state index contributed by atoms with van der Waals surface area (Å²) in [7, 11) is 1.33. The molecule has 8 aromatic rings. The highest BCUT2D eigenvalue weighted by Gasteiger charge is 2.30. The van der Waals surface area contributed by atoms with Crippen molar-refractivity contribution in [2.24, 2.45) is 11.8 Å². The van der Waals surface area contributed by atoms with Crippen molar-refractivity contribution in [3.63, 3.8) is 0 Å². The van der Waals surface area contributed by atoms with E-state index in [9.17, 15) is 33.9 Å². The predicted octanol–water partition coefficient (Wildman–Crippen LogP) is 10.7. The number of nitrogens with one attached hydrogen (secondary N) is 2. The van der Waals surface area contributed by atoms with E-state index < -0.39 is 42.0 Å². The van der Waals surface area contributed by atoms with Gasteiger partial charge in [0.15, 0.2) is 0 Å². The number of rotatable bonds is 18. The van der Waals surface area contributed by atoms with Crippen molar-refractivity contribution in [1.29, 1.82) is 0 Å². The van der Waals surface area contributed by atoms with Crippen LogP contribution in [-0.2, 0) is 23.9 Å². The molecule has 0 radical (unpaired) electrons. The lowest BCUT2D eigenvalue weighted by atomic mass is 9.95. The van der Waals surface area contributed by atoms with Crippen molar-refractivity contribution in [1.82, 2.24) is 29.7 Å². The van der Waals surface area contributed by atoms with Crippen LogP contribution in [0.25, 0.3) is 44.1 Å². The van der Waals surface area contributed by atoms with Crippen molar-refractivity contribution in [2.45, 2.75) is 91.4 Å². The lowest BCUT2D eigenvalue weighted by Crippen LogP contribution is -2.40. The van der Waals surface area contributed by atoms with Crippen molar-refractivity contribution in [2.75, 3.05) is 7.11 Å². The Morgan fingerprint density at radius 2 is 0.947 bits per heavy atom. The molecule has 14 nitrogen and oxygen atoms in total. The number of aryl methyl sites for hydroxylation is 2. The first-order chi connectivity index (χ1) is 36.0. The van der Waals surface area contributed by atoms with E-state index in [-0.39, 0.29) is 41.7 Å². The number of nitrogens with zero attached hydrogens (tertiary/aromatic N) is 4. The van der Waals surface area contributed by atoms with Gasteiger partial charge in [-0.25, -0.2) is 9.97 Å². The smallest absolute Gasteiger partial charge is 0.307 e. The van der Waals surface area contributed by atoms with Gasteiger partial charge in [-0.15, -0.1) is 0 Å². The third-order valence-electron chi connectivity index (χ3n) is 13.1. The summed E-state index contributed by atoms with van der Waals surface area (Å²) in [6.45, 7) is 12.0. The Labute approximate surface area is 436 Å². The van der Waals surface area contributed by atoms with E-state index in [0.29, 0.717) is 40.2 Å². The number of aromatic nitrogens is 4. The molecule has 0 aliphatic rings. The van der Waals surface area contributed by atoms with Gasteiger partial charge in [-0.1, -0.05) is 137 Å². The lowest BCUT2D eigenvalue weighted by Gasteiger charge is -2.25. The van der Waals surface area contributed by atoms with Gasteiger partial charge < -0.3 is 20.5 Å². The van der Waals surface area contributed by atoms with Crippen molar-refractivity contribution < 1.29 is 29.0 Å². The van der Waals surface area contributed by atoms with Gasteiger partial charge in [-0.3, -0.25) is 37.9 Å². The standard InChI is InChI=1S/C31H33N3O4.C30H31N3O4/c1-20(2)16-28(34-19-32-26-15-8-7-14-25(26)31(34)37)30(36)33-27(18-29(35)38-4)23-12-9-11-22(17-23)24-13-6-5-10-21(24)3;1-19(2)15-27(33-18-31-25-14-7-6-13-24(25)30(33)37)29(36)32-26(17-28(34)35)22-11-8-10-21(16-22)23-12-5-4-9-20(23)3/h5-15,17,19-20,27-28H,16,18H2,1-4H3,(H,33,36);4-14,16,18-19,26-27H,15,17H2,1-3H3,(H,32,36)(H,34,35)/t27-,28-;26-,27-/m00/s1. The summed E-state index contributed by atoms with van der Waals surface area (Å²) >= 11 is 0. The number of para-hydroxylation sites is 2. The number of esters is 1. The van der Waals surface area contributed by atoms with Gasteiger partial charge in [0.1, 0.15) is 12.1 Å². The lowest BCUT2D eigenvalue weighted by molar-refractivity contribution is -0.142. The van der Waals surface area contributed by atoms with Crippen LogP contribution >= 0.6 is 0 Å². The van der Waals surface area contributed by atoms with Crippen molar-refractivity contribution in [3.05, 3.63) is 201 Å². The van der Waals surface area contributed by atoms with Crippen molar-refractivity contribution >= 4 is 45.6 Å². The molecule has 0 fully saturated rings. The summed E-state index contributed by atoms with van der Waals surface area (Å²) in [5, 5.41) is 16.5. The molecule has 0 spiro atoms. The molecule has 4 atom stereocenters. The fourth-order valence-corrected chi connectivity index (χ4v) is 9.30. The highest BCUT2D eigenvalue weighted by Crippen LogP contribution is 2.31. The molecule has 2 heterocycles. The van der Waals surface area contributed by atoms with Gasteiger partial charge in [0.25, 0.3) is 11.1 Å². The maximum absolute atomic E-state index is 13.8. The average Bonchev–Trinajstić information content (AvgIpc) is 3.40. The normalized spacial score (nSPS) is 12.8. The molecule has 0 saturated heterocycles. The summed E-state index contributed by atoms with van der Waals surface area (Å²) in [6.07, 6.45) is 3.34. The van der Waals surface area contributed by atoms with Crippen LogP contribution in [0.3, 0.4) is 0 Å². The van der Waals surface area contributed by atoms with Gasteiger partial charge in [0, 0.05) is 0 Å². The molecule has 2 aromatic heterocycles. The Morgan fingerprint density at radius 3 is 1.35 bits per heavy atom. The number of ether oxygens (including phenoxy) is 1. The number of hydrogen-bond donors (Lipinski definition) is 3. The SMILES string of the molecule is COC(=O)C[C@H](NC(=O)[C@H](CC(C)C)n1cnc2ccccc2c1=O)c1cccc(-c2ccccc2C)c1.Cc1ccccc1-c1cccc([C@H](CC(=O)O)NC(=O)[C@H](CC(C)C)n2cnc3ccccc3c2=O)c1. The van der Waals surface area contributed by atoms with E-state index in [4.69, 9.17) is 4.74 Å². The zero-order valence-electron chi connectivity index (χ0n) is 43.4. The third-order valence-corrected chi connectivity index (χ3v) is 13.1. The van der Waals surface area contributed by atoms with Gasteiger partial charge in [0.05, 0.1) is 66.5 Å². The first-order valence-electron chi connectivity index (χ1n) is 25.2. The topological polar surface area (TPSA) is 192 Å². The van der Waals surface area contributed by atoms with E-state index in [1.807, 2.05) is 145 Å². The van der Waals surface area contributed by atoms with E-state index in [1.165, 1.54) is 28.9 Å². The number of amides is 2. The quantitative estimate of drug-likeness (QED) is 0.0697. The van der Waals surface area contributed by atoms with Crippen LogP contribution in [0.2, 0.25) is 0 Å². The molecular formula is C61H64N6O8. The summed E-state index contributed by atoms with van der Waals surface area (Å²) in [5.74, 6) is -2.00. The molecule has 75 heavy (non-hydrogen) atoms. The molecule has 8 rings (SSSR count). The van der Waals surface area contributed by atoms with Crippen molar-refractivity contribution in [3.8, 4) is 22.3 Å². The van der Waals surface area contributed by atoms with Crippen LogP contribution in [0.5, 0.6) is 0 Å². The minimum absolute atomic E-state index is 0.0429. The minimum atomic E-state index is -1.03. The Hall–Kier alpha value is -8.52. The first-order valence-corrected chi connectivity index (χ1v) is 25.2. The summed E-state index contributed by atoms with van der Waals surface area (Å²) < 4.78 is 7.70. The number of benzene rings is 6. The fraction of sp³-hybridized carbons (Fsp3) is 0.279. The third kappa shape index (κ3) is 13.6. The molecule has 386 valence electrons. The highest BCUT2D eigenvalue weighted by molar-refractivity contribution is 5.84. The number of carboxylic acids is 1. The van der Waals surface area contributed by atoms with Gasteiger partial charge in [-0.05, 0) is 119 Å². The predicted molar refractivity (Wildman–Crippen MR) is 293 cm³/mol. The van der Waals surface area contributed by atoms with E-state index in [0.717, 1.165) is 38.9 Å². The summed E-state index contributed by atoms with van der Waals surface area (Å²) in [5.41, 5.74) is 8.27. The first kappa shape index (κ1) is 54.3. The summed E-state index contributed by atoms with van der Waals surface area (Å²) in [4.78, 5) is 87.0. The fourth-order valence-electron chi connectivity index (χ4n) is 9.30. The van der Waals surface area contributed by atoms with E-state index in [1.54, 1.807) is 42.5 Å². The molecule has 14 heteroatoms. The maximum atomic E-state index is 13.8. The second-order valence-corrected chi connectivity index (χ2v) is 19.6. The Balaban J connectivity index is 0.000000219. The second-order valence-electron chi connectivity index (χ2n) is 19.6. The average molecular weight is 1010 g/mol. The van der Waals surface area contributed by atoms with Gasteiger partial charge in [-0.2, -0.15) is 0 Å². The zero-order chi connectivity index (χ0) is 53.8. The molecule has 0 bridgehead atoms. The largest absolute Gasteiger partial charge is 0.481 e. The minimum Gasteiger partial charge on any atom is -0.481 e. The van der Waals surface area contributed by atoms with E-state index in [2.05, 4.69) is 20.6 Å². The van der Waals surface area contributed by atoms with Crippen LogP contribution < -0.4 is 21.8 Å². The molecule has 3 N–H and O–H groups in total. The van der Waals surface area contributed by atoms with Crippen LogP contribution in [-0.4, -0.2) is 55.1 Å². The number of carbonyl (C=O) groups excluding carboxylic acids is 3. The van der Waals surface area contributed by atoms with Gasteiger partial charge in [0.2, 0.25) is 11.8 Å². The number of fused-ring (bicyclic) bond motifs is 2. The Bertz CT molecular complexity index is 3450. The number of carboxylic acid groups (broad SMARTS) is 1. The molecule has 0 saturated carbocycles. The van der Waals surface area contributed by atoms with Gasteiger partial charge >= 0.3 is 11.9 Å². The number of carbonyl (C=O) groups is 4. The van der Waals surface area contributed by atoms with E-state index >= 15 is 0 Å². The molecule has 6 aromatic carbocycles.